The molecular formula is C23H24N2O4. The maximum Gasteiger partial charge on any atom is 0.277 e. The molecule has 0 unspecified atom stereocenters. The van der Waals surface area contributed by atoms with Crippen molar-refractivity contribution in [2.45, 2.75) is 13.0 Å². The summed E-state index contributed by atoms with van der Waals surface area (Å²) in [7, 11) is 3.13. The number of nitrogens with zero attached hydrogens (tertiary/aromatic N) is 2. The summed E-state index contributed by atoms with van der Waals surface area (Å²) >= 11 is 0. The van der Waals surface area contributed by atoms with Crippen molar-refractivity contribution in [1.29, 1.82) is 0 Å². The molecule has 0 saturated carbocycles. The Labute approximate surface area is 170 Å². The number of rotatable bonds is 6. The van der Waals surface area contributed by atoms with Crippen LogP contribution in [0.4, 0.5) is 0 Å². The predicted octanol–water partition coefficient (Wildman–Crippen LogP) is 2.48. The standard InChI is InChI=1S/C23H24N2O4/c1-28-14-13-25-22(26)20(18-9-5-6-10-19(18)29-2)21(23(25)27)24-12-11-16-7-3-4-8-17(16)15-24/h3-10H,11-15H2,1-2H3. The number of ether oxygens (including phenoxy) is 2. The van der Waals surface area contributed by atoms with Crippen molar-refractivity contribution < 1.29 is 19.1 Å². The molecule has 2 aromatic rings. The van der Waals surface area contributed by atoms with Gasteiger partial charge in [0.2, 0.25) is 0 Å². The lowest BCUT2D eigenvalue weighted by atomic mass is 9.97. The van der Waals surface area contributed by atoms with Gasteiger partial charge in [-0.15, -0.1) is 0 Å². The zero-order valence-electron chi connectivity index (χ0n) is 16.7. The van der Waals surface area contributed by atoms with Crippen LogP contribution in [0.1, 0.15) is 16.7 Å². The summed E-state index contributed by atoms with van der Waals surface area (Å²) < 4.78 is 10.6. The molecule has 0 aromatic heterocycles. The van der Waals surface area contributed by atoms with E-state index in [2.05, 4.69) is 12.1 Å². The summed E-state index contributed by atoms with van der Waals surface area (Å²) in [4.78, 5) is 29.9. The smallest absolute Gasteiger partial charge is 0.277 e. The van der Waals surface area contributed by atoms with E-state index in [1.807, 2.05) is 35.2 Å². The van der Waals surface area contributed by atoms with Gasteiger partial charge in [-0.1, -0.05) is 42.5 Å². The maximum atomic E-state index is 13.3. The van der Waals surface area contributed by atoms with E-state index in [4.69, 9.17) is 9.47 Å². The van der Waals surface area contributed by atoms with Gasteiger partial charge in [-0.3, -0.25) is 14.5 Å². The summed E-state index contributed by atoms with van der Waals surface area (Å²) in [5, 5.41) is 0. The number of methoxy groups -OCH3 is 2. The van der Waals surface area contributed by atoms with Gasteiger partial charge in [-0.05, 0) is 23.6 Å². The molecule has 29 heavy (non-hydrogen) atoms. The van der Waals surface area contributed by atoms with Crippen LogP contribution in [0.15, 0.2) is 54.2 Å². The molecule has 0 fully saturated rings. The van der Waals surface area contributed by atoms with Gasteiger partial charge in [-0.25, -0.2) is 0 Å². The summed E-state index contributed by atoms with van der Waals surface area (Å²) in [6, 6.07) is 15.6. The molecule has 0 atom stereocenters. The first kappa shape index (κ1) is 19.2. The first-order valence-corrected chi connectivity index (χ1v) is 9.70. The Morgan fingerprint density at radius 2 is 1.66 bits per heavy atom. The average molecular weight is 392 g/mol. The second-order valence-corrected chi connectivity index (χ2v) is 7.12. The molecule has 0 aliphatic carbocycles. The zero-order valence-corrected chi connectivity index (χ0v) is 16.7. The second-order valence-electron chi connectivity index (χ2n) is 7.12. The lowest BCUT2D eigenvalue weighted by Gasteiger charge is -2.31. The van der Waals surface area contributed by atoms with Crippen molar-refractivity contribution >= 4 is 17.4 Å². The van der Waals surface area contributed by atoms with Gasteiger partial charge >= 0.3 is 0 Å². The van der Waals surface area contributed by atoms with Gasteiger partial charge in [0.25, 0.3) is 11.8 Å². The highest BCUT2D eigenvalue weighted by Crippen LogP contribution is 2.37. The number of fused-ring (bicyclic) bond motifs is 1. The van der Waals surface area contributed by atoms with Crippen LogP contribution in [0.3, 0.4) is 0 Å². The molecule has 0 spiro atoms. The van der Waals surface area contributed by atoms with Crippen LogP contribution < -0.4 is 4.74 Å². The second kappa shape index (κ2) is 8.09. The van der Waals surface area contributed by atoms with Gasteiger partial charge < -0.3 is 14.4 Å². The third kappa shape index (κ3) is 3.40. The van der Waals surface area contributed by atoms with E-state index in [9.17, 15) is 9.59 Å². The van der Waals surface area contributed by atoms with E-state index in [0.29, 0.717) is 42.3 Å². The SMILES string of the molecule is COCCN1C(=O)C(c2ccccc2OC)=C(N2CCc3ccccc3C2)C1=O. The van der Waals surface area contributed by atoms with E-state index < -0.39 is 0 Å². The van der Waals surface area contributed by atoms with E-state index in [1.54, 1.807) is 20.3 Å². The van der Waals surface area contributed by atoms with E-state index in [-0.39, 0.29) is 18.4 Å². The van der Waals surface area contributed by atoms with E-state index in [0.717, 1.165) is 6.42 Å². The zero-order chi connectivity index (χ0) is 20.4. The van der Waals surface area contributed by atoms with Gasteiger partial charge in [0.05, 0.1) is 25.8 Å². The largest absolute Gasteiger partial charge is 0.496 e. The third-order valence-corrected chi connectivity index (χ3v) is 5.49. The van der Waals surface area contributed by atoms with E-state index >= 15 is 0 Å². The quantitative estimate of drug-likeness (QED) is 0.707. The lowest BCUT2D eigenvalue weighted by molar-refractivity contribution is -0.138. The van der Waals surface area contributed by atoms with Crippen molar-refractivity contribution in [3.63, 3.8) is 0 Å². The molecule has 0 N–H and O–H groups in total. The highest BCUT2D eigenvalue weighted by atomic mass is 16.5. The molecule has 4 rings (SSSR count). The third-order valence-electron chi connectivity index (χ3n) is 5.49. The van der Waals surface area contributed by atoms with E-state index in [1.165, 1.54) is 16.0 Å². The Kier molecular flexibility index (Phi) is 5.36. The van der Waals surface area contributed by atoms with Crippen LogP contribution in [0, 0.1) is 0 Å². The molecule has 0 saturated heterocycles. The highest BCUT2D eigenvalue weighted by Gasteiger charge is 2.42. The van der Waals surface area contributed by atoms with Crippen molar-refractivity contribution in [2.24, 2.45) is 0 Å². The van der Waals surface area contributed by atoms with Crippen LogP contribution in [-0.2, 0) is 27.3 Å². The minimum Gasteiger partial charge on any atom is -0.496 e. The normalized spacial score (nSPS) is 16.5. The number of hydrogen-bond acceptors (Lipinski definition) is 5. The summed E-state index contributed by atoms with van der Waals surface area (Å²) in [6.45, 7) is 1.80. The molecule has 2 aliphatic rings. The number of hydrogen-bond donors (Lipinski definition) is 0. The van der Waals surface area contributed by atoms with Crippen molar-refractivity contribution in [3.8, 4) is 5.75 Å². The molecule has 2 heterocycles. The van der Waals surface area contributed by atoms with Gasteiger partial charge in [0.1, 0.15) is 11.4 Å². The number of carbonyl (C=O) groups is 2. The molecule has 6 nitrogen and oxygen atoms in total. The maximum absolute atomic E-state index is 13.3. The van der Waals surface area contributed by atoms with Crippen molar-refractivity contribution in [2.75, 3.05) is 33.9 Å². The Balaban J connectivity index is 1.80. The molecule has 2 aromatic carbocycles. The lowest BCUT2D eigenvalue weighted by Crippen LogP contribution is -2.38. The first-order valence-electron chi connectivity index (χ1n) is 9.70. The fourth-order valence-electron chi connectivity index (χ4n) is 4.02. The van der Waals surface area contributed by atoms with Crippen LogP contribution >= 0.6 is 0 Å². The van der Waals surface area contributed by atoms with Crippen LogP contribution in [0.5, 0.6) is 5.75 Å². The Hall–Kier alpha value is -3.12. The topological polar surface area (TPSA) is 59.1 Å². The average Bonchev–Trinajstić information content (AvgIpc) is 3.01. The summed E-state index contributed by atoms with van der Waals surface area (Å²) in [6.07, 6.45) is 0.832. The minimum atomic E-state index is -0.301. The first-order chi connectivity index (χ1) is 14.2. The Bertz CT molecular complexity index is 982. The number of carbonyl (C=O) groups excluding carboxylic acids is 2. The molecule has 6 heteroatoms. The monoisotopic (exact) mass is 392 g/mol. The summed E-state index contributed by atoms with van der Waals surface area (Å²) in [5.41, 5.74) is 3.97. The molecule has 2 aliphatic heterocycles. The molecule has 2 amide bonds. The number of amides is 2. The fourth-order valence-corrected chi connectivity index (χ4v) is 4.02. The number of para-hydroxylation sites is 1. The van der Waals surface area contributed by atoms with Gasteiger partial charge in [0, 0.05) is 25.8 Å². The summed E-state index contributed by atoms with van der Waals surface area (Å²) in [5.74, 6) is 0.00453. The van der Waals surface area contributed by atoms with Crippen LogP contribution in [-0.4, -0.2) is 55.5 Å². The highest BCUT2D eigenvalue weighted by molar-refractivity contribution is 6.36. The molecule has 0 radical (unpaired) electrons. The number of imide groups is 1. The molecule has 0 bridgehead atoms. The molecular weight excluding hydrogens is 368 g/mol. The molecule has 150 valence electrons. The Morgan fingerprint density at radius 3 is 2.41 bits per heavy atom. The van der Waals surface area contributed by atoms with Crippen LogP contribution in [0.2, 0.25) is 0 Å². The van der Waals surface area contributed by atoms with Crippen molar-refractivity contribution in [1.82, 2.24) is 9.80 Å². The predicted molar refractivity (Wildman–Crippen MR) is 109 cm³/mol. The van der Waals surface area contributed by atoms with Gasteiger partial charge in [-0.2, -0.15) is 0 Å². The fraction of sp³-hybridized carbons (Fsp3) is 0.304. The van der Waals surface area contributed by atoms with Gasteiger partial charge in [0.15, 0.2) is 0 Å². The van der Waals surface area contributed by atoms with Crippen LogP contribution in [0.25, 0.3) is 5.57 Å². The Morgan fingerprint density at radius 1 is 0.931 bits per heavy atom. The number of benzene rings is 2. The van der Waals surface area contributed by atoms with Crippen molar-refractivity contribution in [3.05, 3.63) is 70.9 Å². The minimum absolute atomic E-state index is 0.223.